The maximum Gasteiger partial charge on any atom is 0.310 e. The number of hydrogen-bond acceptors (Lipinski definition) is 12. The number of carbonyl (C=O) groups is 4. The molecule has 0 radical (unpaired) electrons. The van der Waals surface area contributed by atoms with Crippen molar-refractivity contribution in [2.45, 2.75) is 303 Å². The predicted octanol–water partition coefficient (Wildman–Crippen LogP) is 11.5. The summed E-state index contributed by atoms with van der Waals surface area (Å²) in [6.07, 6.45) is -3.75. The van der Waals surface area contributed by atoms with Crippen LogP contribution in [0, 0.1) is 55.2 Å². The van der Waals surface area contributed by atoms with Gasteiger partial charge >= 0.3 is 23.9 Å². The molecule has 0 aromatic rings. The molecule has 0 spiro atoms. The Hall–Kier alpha value is -2.28. The van der Waals surface area contributed by atoms with Gasteiger partial charge in [-0.25, -0.2) is 0 Å². The highest BCUT2D eigenvalue weighted by Crippen LogP contribution is 2.58. The number of carbonyl (C=O) groups excluding carboxylic acids is 4. The minimum atomic E-state index is -1.50. The molecule has 12 heteroatoms. The number of piperidine rings is 4. The molecule has 4 heterocycles. The van der Waals surface area contributed by atoms with Gasteiger partial charge in [-0.2, -0.15) is 0 Å². The van der Waals surface area contributed by atoms with E-state index in [0.717, 1.165) is 0 Å². The van der Waals surface area contributed by atoms with E-state index >= 15 is 19.2 Å². The number of esters is 4. The van der Waals surface area contributed by atoms with E-state index in [2.05, 4.69) is 243 Å². The van der Waals surface area contributed by atoms with Crippen molar-refractivity contribution in [3.63, 3.8) is 0 Å². The maximum absolute atomic E-state index is 15.9. The van der Waals surface area contributed by atoms with Crippen LogP contribution < -0.4 is 21.3 Å². The Kier molecular flexibility index (Phi) is 15.2. The second-order valence-corrected chi connectivity index (χ2v) is 32.3. The van der Waals surface area contributed by atoms with Crippen LogP contribution in [0.5, 0.6) is 0 Å². The maximum atomic E-state index is 15.9. The van der Waals surface area contributed by atoms with E-state index in [4.69, 9.17) is 18.9 Å². The first-order valence-electron chi connectivity index (χ1n) is 27.3. The summed E-state index contributed by atoms with van der Waals surface area (Å²) in [6, 6.07) is 0. The third-order valence-electron chi connectivity index (χ3n) is 23.5. The molecular formula is C60H110N4O8. The monoisotopic (exact) mass is 1010 g/mol. The minimum Gasteiger partial charge on any atom is -0.461 e. The van der Waals surface area contributed by atoms with Crippen molar-refractivity contribution in [2.75, 3.05) is 0 Å². The van der Waals surface area contributed by atoms with Crippen LogP contribution in [0.1, 0.15) is 234 Å². The topological polar surface area (TPSA) is 153 Å². The number of hydrogen-bond donors (Lipinski definition) is 4. The van der Waals surface area contributed by atoms with Gasteiger partial charge in [0, 0.05) is 87.6 Å². The minimum absolute atomic E-state index is 0.480. The zero-order valence-electron chi connectivity index (χ0n) is 52.1. The van der Waals surface area contributed by atoms with Crippen LogP contribution in [-0.4, -0.2) is 92.6 Å². The molecule has 0 bridgehead atoms. The van der Waals surface area contributed by atoms with Crippen LogP contribution in [0.2, 0.25) is 0 Å². The summed E-state index contributed by atoms with van der Waals surface area (Å²) < 4.78 is 27.4. The van der Waals surface area contributed by atoms with Gasteiger partial charge in [-0.05, 0) is 111 Å². The van der Waals surface area contributed by atoms with E-state index < -0.39 is 161 Å². The lowest BCUT2D eigenvalue weighted by Gasteiger charge is -2.64. The fourth-order valence-electron chi connectivity index (χ4n) is 13.7. The summed E-state index contributed by atoms with van der Waals surface area (Å²) in [5, 5.41) is 15.3. The van der Waals surface area contributed by atoms with Crippen LogP contribution in [0.25, 0.3) is 0 Å². The summed E-state index contributed by atoms with van der Waals surface area (Å²) in [5.41, 5.74) is -9.04. The van der Waals surface area contributed by atoms with Crippen molar-refractivity contribution in [1.29, 1.82) is 0 Å². The Morgan fingerprint density at radius 3 is 0.569 bits per heavy atom. The van der Waals surface area contributed by atoms with Gasteiger partial charge in [0.2, 0.25) is 0 Å². The number of rotatable bonds is 11. The molecule has 418 valence electrons. The molecule has 4 rings (SSSR count). The average molecular weight is 1020 g/mol. The van der Waals surface area contributed by atoms with Crippen LogP contribution in [-0.2, 0) is 38.1 Å². The highest BCUT2D eigenvalue weighted by atomic mass is 16.6. The van der Waals surface area contributed by atoms with Crippen molar-refractivity contribution in [3.05, 3.63) is 0 Å². The standard InChI is InChI=1S/C60H110N4O8/c1-45(2)41(46(3,4)54(19,20)61-53(45,17)18)69-37(65)33-35(39(67)71-43-49(9,10)57(25,26)63-58(27,28)50(43,11)12)36(40(68)72-44-51(13,14)59(29,30)64-60(31,32)52(44,15)16)34-38(66)70-42-47(5,6)55(21,22)62-56(23,24)48(42,7)8/h35-36,41-44,61-64H,33-34H2,1-32H3. The third-order valence-corrected chi connectivity index (χ3v) is 23.5. The summed E-state index contributed by atoms with van der Waals surface area (Å²) in [4.78, 5) is 62.3. The van der Waals surface area contributed by atoms with Crippen molar-refractivity contribution < 1.29 is 38.1 Å². The van der Waals surface area contributed by atoms with Crippen molar-refractivity contribution in [1.82, 2.24) is 21.3 Å². The molecule has 4 saturated heterocycles. The van der Waals surface area contributed by atoms with Gasteiger partial charge in [0.25, 0.3) is 0 Å². The van der Waals surface area contributed by atoms with E-state index in [0.29, 0.717) is 0 Å². The van der Waals surface area contributed by atoms with Crippen molar-refractivity contribution in [2.24, 2.45) is 55.2 Å². The van der Waals surface area contributed by atoms with E-state index in [1.54, 1.807) is 0 Å². The molecule has 72 heavy (non-hydrogen) atoms. The molecule has 0 aliphatic carbocycles. The highest BCUT2D eigenvalue weighted by molar-refractivity contribution is 5.89. The molecule has 2 unspecified atom stereocenters. The van der Waals surface area contributed by atoms with Gasteiger partial charge in [-0.15, -0.1) is 0 Å². The summed E-state index contributed by atoms with van der Waals surface area (Å²) >= 11 is 0. The molecule has 0 amide bonds. The normalized spacial score (nSPS) is 30.4. The smallest absolute Gasteiger partial charge is 0.310 e. The van der Waals surface area contributed by atoms with Crippen molar-refractivity contribution in [3.8, 4) is 0 Å². The Labute approximate surface area is 440 Å². The second kappa shape index (κ2) is 17.6. The highest BCUT2D eigenvalue weighted by Gasteiger charge is 2.67. The number of nitrogens with one attached hydrogen (secondary N) is 4. The average Bonchev–Trinajstić information content (AvgIpc) is 3.13. The second-order valence-electron chi connectivity index (χ2n) is 32.3. The van der Waals surface area contributed by atoms with E-state index in [9.17, 15) is 0 Å². The summed E-state index contributed by atoms with van der Waals surface area (Å²) in [6.45, 7) is 67.3. The fraction of sp³-hybridized carbons (Fsp3) is 0.933. The van der Waals surface area contributed by atoms with Gasteiger partial charge in [-0.1, -0.05) is 111 Å². The van der Waals surface area contributed by atoms with E-state index in [1.165, 1.54) is 0 Å². The Morgan fingerprint density at radius 1 is 0.278 bits per heavy atom. The molecule has 12 nitrogen and oxygen atoms in total. The summed E-state index contributed by atoms with van der Waals surface area (Å²) in [7, 11) is 0. The van der Waals surface area contributed by atoms with Gasteiger partial charge in [-0.3, -0.25) is 19.2 Å². The van der Waals surface area contributed by atoms with Crippen LogP contribution >= 0.6 is 0 Å². The molecular weight excluding hydrogens is 905 g/mol. The van der Waals surface area contributed by atoms with Crippen LogP contribution in [0.4, 0.5) is 0 Å². The molecule has 4 aliphatic heterocycles. The van der Waals surface area contributed by atoms with Crippen LogP contribution in [0.3, 0.4) is 0 Å². The Bertz CT molecular complexity index is 1860. The van der Waals surface area contributed by atoms with E-state index in [1.807, 2.05) is 0 Å². The van der Waals surface area contributed by atoms with Gasteiger partial charge in [0.1, 0.15) is 24.4 Å². The molecule has 0 aromatic carbocycles. The zero-order valence-corrected chi connectivity index (χ0v) is 52.1. The third kappa shape index (κ3) is 9.54. The van der Waals surface area contributed by atoms with Gasteiger partial charge < -0.3 is 40.2 Å². The first kappa shape index (κ1) is 62.3. The lowest BCUT2D eigenvalue weighted by Crippen LogP contribution is -2.76. The first-order valence-corrected chi connectivity index (χ1v) is 27.3. The van der Waals surface area contributed by atoms with Gasteiger partial charge in [0.15, 0.2) is 0 Å². The Balaban J connectivity index is 2.01. The van der Waals surface area contributed by atoms with E-state index in [-0.39, 0.29) is 0 Å². The molecule has 4 N–H and O–H groups in total. The lowest BCUT2D eigenvalue weighted by atomic mass is 9.53. The van der Waals surface area contributed by atoms with Crippen LogP contribution in [0.15, 0.2) is 0 Å². The quantitative estimate of drug-likeness (QED) is 0.115. The Morgan fingerprint density at radius 2 is 0.417 bits per heavy atom. The fourth-order valence-corrected chi connectivity index (χ4v) is 13.7. The van der Waals surface area contributed by atoms with Crippen molar-refractivity contribution >= 4 is 23.9 Å². The SMILES string of the molecule is CC1(C)NC(C)(C)C(C)(C)C(OC(=O)CC(C(=O)OC2C(C)(C)C(C)(C)NC(C)(C)C2(C)C)C(CC(=O)OC2C(C)(C)C(C)(C)NC(C)(C)C2(C)C)C(=O)OC2C(C)(C)C(C)(C)NC(C)(C)C2(C)C)C1(C)C. The van der Waals surface area contributed by atoms with Gasteiger partial charge in [0.05, 0.1) is 24.7 Å². The molecule has 4 fully saturated rings. The lowest BCUT2D eigenvalue weighted by molar-refractivity contribution is -0.216. The predicted molar refractivity (Wildman–Crippen MR) is 291 cm³/mol. The largest absolute Gasteiger partial charge is 0.461 e. The molecule has 4 aliphatic rings. The molecule has 0 aromatic heterocycles. The zero-order chi connectivity index (χ0) is 56.8. The summed E-state index contributed by atoms with van der Waals surface area (Å²) in [5.74, 6) is -5.87. The number of ether oxygens (including phenoxy) is 4. The first-order chi connectivity index (χ1) is 31.3. The molecule has 0 saturated carbocycles. The molecule has 2 atom stereocenters.